The zero-order chi connectivity index (χ0) is 13.7. The van der Waals surface area contributed by atoms with E-state index in [1.807, 2.05) is 0 Å². The number of pyridine rings is 1. The second-order valence-corrected chi connectivity index (χ2v) is 5.03. The van der Waals surface area contributed by atoms with Gasteiger partial charge in [0, 0.05) is 18.8 Å². The number of carbonyl (C=O) groups excluding carboxylic acids is 1. The van der Waals surface area contributed by atoms with Crippen LogP contribution in [0.25, 0.3) is 0 Å². The fourth-order valence-corrected chi connectivity index (χ4v) is 1.78. The lowest BCUT2D eigenvalue weighted by atomic mass is 10.1. The molecule has 0 aromatic carbocycles. The van der Waals surface area contributed by atoms with Gasteiger partial charge in [-0.05, 0) is 31.9 Å². The monoisotopic (exact) mass is 250 g/mol. The van der Waals surface area contributed by atoms with E-state index >= 15 is 0 Å². The zero-order valence-electron chi connectivity index (χ0n) is 11.8. The quantitative estimate of drug-likeness (QED) is 0.754. The van der Waals surface area contributed by atoms with E-state index in [1.54, 1.807) is 18.3 Å². The first-order valence-corrected chi connectivity index (χ1v) is 6.26. The minimum atomic E-state index is -0.327. The summed E-state index contributed by atoms with van der Waals surface area (Å²) in [7, 11) is 1.39. The fraction of sp³-hybridized carbons (Fsp3) is 0.571. The summed E-state index contributed by atoms with van der Waals surface area (Å²) >= 11 is 0. The predicted octanol–water partition coefficient (Wildman–Crippen LogP) is 2.74. The van der Waals surface area contributed by atoms with Crippen molar-refractivity contribution in [2.75, 3.05) is 18.6 Å². The summed E-state index contributed by atoms with van der Waals surface area (Å²) < 4.78 is 4.73. The van der Waals surface area contributed by atoms with Crippen molar-refractivity contribution in [3.8, 4) is 0 Å². The van der Waals surface area contributed by atoms with Crippen LogP contribution in [-0.4, -0.2) is 30.6 Å². The molecule has 100 valence electrons. The average Bonchev–Trinajstić information content (AvgIpc) is 2.34. The molecule has 1 rings (SSSR count). The van der Waals surface area contributed by atoms with E-state index in [0.29, 0.717) is 17.5 Å². The number of aromatic nitrogens is 1. The molecule has 0 aliphatic carbocycles. The maximum absolute atomic E-state index is 11.5. The molecule has 0 spiro atoms. The van der Waals surface area contributed by atoms with Crippen LogP contribution in [0.15, 0.2) is 18.3 Å². The molecule has 0 atom stereocenters. The predicted molar refractivity (Wildman–Crippen MR) is 72.9 cm³/mol. The lowest BCUT2D eigenvalue weighted by Crippen LogP contribution is -2.34. The molecule has 4 nitrogen and oxygen atoms in total. The lowest BCUT2D eigenvalue weighted by Gasteiger charge is -2.29. The summed E-state index contributed by atoms with van der Waals surface area (Å²) in [4.78, 5) is 18.1. The minimum absolute atomic E-state index is 0.327. The maximum Gasteiger partial charge on any atom is 0.338 e. The third kappa shape index (κ3) is 3.72. The number of rotatable bonds is 5. The van der Waals surface area contributed by atoms with Gasteiger partial charge in [-0.15, -0.1) is 0 Å². The van der Waals surface area contributed by atoms with Gasteiger partial charge in [0.15, 0.2) is 0 Å². The highest BCUT2D eigenvalue weighted by molar-refractivity contribution is 5.90. The summed E-state index contributed by atoms with van der Waals surface area (Å²) in [5.41, 5.74) is 0.539. The summed E-state index contributed by atoms with van der Waals surface area (Å²) in [6, 6.07) is 3.80. The first kappa shape index (κ1) is 14.5. The second kappa shape index (κ2) is 6.38. The number of hydrogen-bond acceptors (Lipinski definition) is 4. The van der Waals surface area contributed by atoms with E-state index in [-0.39, 0.29) is 5.97 Å². The van der Waals surface area contributed by atoms with Crippen LogP contribution in [0.2, 0.25) is 0 Å². The van der Waals surface area contributed by atoms with Crippen molar-refractivity contribution >= 4 is 11.8 Å². The van der Waals surface area contributed by atoms with Crippen LogP contribution in [0, 0.1) is 5.92 Å². The fourth-order valence-electron chi connectivity index (χ4n) is 1.78. The normalized spacial score (nSPS) is 10.8. The van der Waals surface area contributed by atoms with Crippen molar-refractivity contribution in [3.63, 3.8) is 0 Å². The first-order chi connectivity index (χ1) is 8.45. The van der Waals surface area contributed by atoms with Gasteiger partial charge >= 0.3 is 5.97 Å². The molecule has 0 saturated heterocycles. The van der Waals surface area contributed by atoms with Crippen LogP contribution in [0.4, 0.5) is 5.82 Å². The molecule has 0 aliphatic heterocycles. The Kier molecular flexibility index (Phi) is 5.13. The molecule has 0 bridgehead atoms. The Balaban J connectivity index is 3.01. The Morgan fingerprint density at radius 2 is 2.06 bits per heavy atom. The van der Waals surface area contributed by atoms with Crippen LogP contribution < -0.4 is 4.90 Å². The Morgan fingerprint density at radius 3 is 2.56 bits per heavy atom. The van der Waals surface area contributed by atoms with E-state index in [4.69, 9.17) is 4.74 Å². The van der Waals surface area contributed by atoms with Crippen molar-refractivity contribution in [2.45, 2.75) is 33.7 Å². The van der Waals surface area contributed by atoms with Crippen molar-refractivity contribution in [2.24, 2.45) is 5.92 Å². The second-order valence-electron chi connectivity index (χ2n) is 5.03. The minimum Gasteiger partial charge on any atom is -0.465 e. The van der Waals surface area contributed by atoms with Gasteiger partial charge in [0.25, 0.3) is 0 Å². The molecule has 0 saturated carbocycles. The van der Waals surface area contributed by atoms with Gasteiger partial charge in [-0.3, -0.25) is 0 Å². The molecule has 1 heterocycles. The van der Waals surface area contributed by atoms with Gasteiger partial charge in [-0.1, -0.05) is 13.8 Å². The van der Waals surface area contributed by atoms with E-state index in [2.05, 4.69) is 37.6 Å². The highest BCUT2D eigenvalue weighted by Crippen LogP contribution is 2.17. The molecule has 0 amide bonds. The lowest BCUT2D eigenvalue weighted by molar-refractivity contribution is 0.0600. The van der Waals surface area contributed by atoms with Crippen molar-refractivity contribution in [1.82, 2.24) is 4.98 Å². The molecule has 18 heavy (non-hydrogen) atoms. The Hall–Kier alpha value is -1.58. The number of esters is 1. The first-order valence-electron chi connectivity index (χ1n) is 6.26. The van der Waals surface area contributed by atoms with E-state index < -0.39 is 0 Å². The average molecular weight is 250 g/mol. The number of carbonyl (C=O) groups is 1. The number of nitrogens with zero attached hydrogens (tertiary/aromatic N) is 2. The highest BCUT2D eigenvalue weighted by Gasteiger charge is 2.15. The van der Waals surface area contributed by atoms with Crippen LogP contribution in [-0.2, 0) is 4.74 Å². The number of methoxy groups -OCH3 is 1. The zero-order valence-corrected chi connectivity index (χ0v) is 11.8. The van der Waals surface area contributed by atoms with Crippen LogP contribution in [0.3, 0.4) is 0 Å². The number of ether oxygens (including phenoxy) is 1. The van der Waals surface area contributed by atoms with Gasteiger partial charge in [0.05, 0.1) is 12.7 Å². The van der Waals surface area contributed by atoms with Crippen molar-refractivity contribution in [1.29, 1.82) is 0 Å². The molecule has 0 unspecified atom stereocenters. The highest BCUT2D eigenvalue weighted by atomic mass is 16.5. The molecular formula is C14H22N2O2. The third-order valence-corrected chi connectivity index (χ3v) is 2.65. The van der Waals surface area contributed by atoms with Gasteiger partial charge in [-0.25, -0.2) is 9.78 Å². The van der Waals surface area contributed by atoms with E-state index in [0.717, 1.165) is 12.4 Å². The summed E-state index contributed by atoms with van der Waals surface area (Å²) in [6.45, 7) is 9.48. The molecule has 1 aromatic rings. The number of anilines is 1. The standard InChI is InChI=1S/C14H22N2O2/c1-10(2)9-16(11(3)4)13-8-12(6-7-15-13)14(17)18-5/h6-8,10-11H,9H2,1-5H3. The summed E-state index contributed by atoms with van der Waals surface area (Å²) in [5.74, 6) is 1.03. The molecule has 0 radical (unpaired) electrons. The molecule has 0 N–H and O–H groups in total. The Labute approximate surface area is 109 Å². The summed E-state index contributed by atoms with van der Waals surface area (Å²) in [6.07, 6.45) is 1.65. The number of hydrogen-bond donors (Lipinski definition) is 0. The SMILES string of the molecule is COC(=O)c1ccnc(N(CC(C)C)C(C)C)c1. The van der Waals surface area contributed by atoms with Gasteiger partial charge in [-0.2, -0.15) is 0 Å². The third-order valence-electron chi connectivity index (χ3n) is 2.65. The smallest absolute Gasteiger partial charge is 0.338 e. The van der Waals surface area contributed by atoms with Gasteiger partial charge in [0.1, 0.15) is 5.82 Å². The Bertz CT molecular complexity index is 403. The van der Waals surface area contributed by atoms with Crippen LogP contribution in [0.5, 0.6) is 0 Å². The molecule has 1 aromatic heterocycles. The van der Waals surface area contributed by atoms with E-state index in [9.17, 15) is 4.79 Å². The summed E-state index contributed by atoms with van der Waals surface area (Å²) in [5, 5.41) is 0. The van der Waals surface area contributed by atoms with Gasteiger partial charge in [0.2, 0.25) is 0 Å². The van der Waals surface area contributed by atoms with Gasteiger partial charge < -0.3 is 9.64 Å². The Morgan fingerprint density at radius 1 is 1.39 bits per heavy atom. The topological polar surface area (TPSA) is 42.4 Å². The van der Waals surface area contributed by atoms with E-state index in [1.165, 1.54) is 7.11 Å². The van der Waals surface area contributed by atoms with Crippen molar-refractivity contribution in [3.05, 3.63) is 23.9 Å². The van der Waals surface area contributed by atoms with Crippen molar-refractivity contribution < 1.29 is 9.53 Å². The molecule has 4 heteroatoms. The van der Waals surface area contributed by atoms with Crippen LogP contribution in [0.1, 0.15) is 38.1 Å². The van der Waals surface area contributed by atoms with Crippen LogP contribution >= 0.6 is 0 Å². The molecular weight excluding hydrogens is 228 g/mol. The molecule has 0 fully saturated rings. The maximum atomic E-state index is 11.5. The largest absolute Gasteiger partial charge is 0.465 e. The molecule has 0 aliphatic rings.